The zero-order chi connectivity index (χ0) is 16.2. The SMILES string of the molecule is COc1ccc(CN2CCN(c3cc(C)ncn3)CC2)cc1F. The maximum atomic E-state index is 13.8. The van der Waals surface area contributed by atoms with Crippen molar-refractivity contribution in [2.45, 2.75) is 13.5 Å². The average molecular weight is 316 g/mol. The Morgan fingerprint density at radius 3 is 2.57 bits per heavy atom. The van der Waals surface area contributed by atoms with Gasteiger partial charge < -0.3 is 9.64 Å². The van der Waals surface area contributed by atoms with E-state index in [1.165, 1.54) is 7.11 Å². The van der Waals surface area contributed by atoms with Crippen LogP contribution in [0, 0.1) is 12.7 Å². The third-order valence-corrected chi connectivity index (χ3v) is 4.11. The van der Waals surface area contributed by atoms with Crippen molar-refractivity contribution in [1.82, 2.24) is 14.9 Å². The standard InChI is InChI=1S/C17H21FN4O/c1-13-9-17(20-12-19-13)22-7-5-21(6-8-22)11-14-3-4-16(23-2)15(18)10-14/h3-4,9-10,12H,5-8,11H2,1-2H3. The van der Waals surface area contributed by atoms with Crippen LogP contribution in [0.4, 0.5) is 10.2 Å². The summed E-state index contributed by atoms with van der Waals surface area (Å²) in [4.78, 5) is 13.1. The third kappa shape index (κ3) is 3.76. The Bertz CT molecular complexity index is 671. The van der Waals surface area contributed by atoms with Crippen molar-refractivity contribution in [3.8, 4) is 5.75 Å². The van der Waals surface area contributed by atoms with Gasteiger partial charge in [0.2, 0.25) is 0 Å². The minimum absolute atomic E-state index is 0.290. The molecule has 0 bridgehead atoms. The lowest BCUT2D eigenvalue weighted by molar-refractivity contribution is 0.249. The second kappa shape index (κ2) is 6.91. The average Bonchev–Trinajstić information content (AvgIpc) is 2.56. The smallest absolute Gasteiger partial charge is 0.165 e. The highest BCUT2D eigenvalue weighted by molar-refractivity contribution is 5.39. The van der Waals surface area contributed by atoms with Gasteiger partial charge in [0.1, 0.15) is 12.1 Å². The lowest BCUT2D eigenvalue weighted by atomic mass is 10.2. The van der Waals surface area contributed by atoms with Crippen molar-refractivity contribution in [3.05, 3.63) is 47.7 Å². The first-order valence-corrected chi connectivity index (χ1v) is 7.74. The summed E-state index contributed by atoms with van der Waals surface area (Å²) >= 11 is 0. The topological polar surface area (TPSA) is 41.5 Å². The summed E-state index contributed by atoms with van der Waals surface area (Å²) in [5.41, 5.74) is 1.95. The number of piperazine rings is 1. The number of hydrogen-bond donors (Lipinski definition) is 0. The number of nitrogens with zero attached hydrogens (tertiary/aromatic N) is 4. The Balaban J connectivity index is 1.58. The monoisotopic (exact) mass is 316 g/mol. The molecule has 0 spiro atoms. The minimum Gasteiger partial charge on any atom is -0.494 e. The molecule has 0 radical (unpaired) electrons. The molecule has 3 rings (SSSR count). The number of rotatable bonds is 4. The normalized spacial score (nSPS) is 15.7. The van der Waals surface area contributed by atoms with Gasteiger partial charge in [0.25, 0.3) is 0 Å². The van der Waals surface area contributed by atoms with Gasteiger partial charge in [-0.2, -0.15) is 0 Å². The number of benzene rings is 1. The summed E-state index contributed by atoms with van der Waals surface area (Å²) in [6.45, 7) is 6.40. The van der Waals surface area contributed by atoms with Crippen LogP contribution in [-0.2, 0) is 6.54 Å². The summed E-state index contributed by atoms with van der Waals surface area (Å²) in [6.07, 6.45) is 1.61. The lowest BCUT2D eigenvalue weighted by Gasteiger charge is -2.35. The number of aromatic nitrogens is 2. The summed E-state index contributed by atoms with van der Waals surface area (Å²) in [7, 11) is 1.48. The van der Waals surface area contributed by atoms with Crippen molar-refractivity contribution in [3.63, 3.8) is 0 Å². The van der Waals surface area contributed by atoms with Crippen molar-refractivity contribution >= 4 is 5.82 Å². The first-order valence-electron chi connectivity index (χ1n) is 7.74. The summed E-state index contributed by atoms with van der Waals surface area (Å²) in [5.74, 6) is 0.963. The Hall–Kier alpha value is -2.21. The highest BCUT2D eigenvalue weighted by atomic mass is 19.1. The molecule has 1 aromatic carbocycles. The first kappa shape index (κ1) is 15.7. The van der Waals surface area contributed by atoms with Gasteiger partial charge in [0, 0.05) is 44.5 Å². The van der Waals surface area contributed by atoms with Gasteiger partial charge in [0.05, 0.1) is 7.11 Å². The van der Waals surface area contributed by atoms with E-state index in [1.807, 2.05) is 19.1 Å². The summed E-state index contributed by atoms with van der Waals surface area (Å²) < 4.78 is 18.7. The van der Waals surface area contributed by atoms with Gasteiger partial charge in [-0.1, -0.05) is 6.07 Å². The van der Waals surface area contributed by atoms with Crippen LogP contribution >= 0.6 is 0 Å². The van der Waals surface area contributed by atoms with E-state index in [0.717, 1.165) is 49.8 Å². The molecular weight excluding hydrogens is 295 g/mol. The molecule has 0 unspecified atom stereocenters. The first-order chi connectivity index (χ1) is 11.2. The number of halogens is 1. The minimum atomic E-state index is -0.305. The zero-order valence-corrected chi connectivity index (χ0v) is 13.5. The number of aryl methyl sites for hydroxylation is 1. The predicted octanol–water partition coefficient (Wildman–Crippen LogP) is 2.25. The van der Waals surface area contributed by atoms with Crippen molar-refractivity contribution in [2.24, 2.45) is 0 Å². The second-order valence-electron chi connectivity index (χ2n) is 5.75. The van der Waals surface area contributed by atoms with Crippen LogP contribution in [0.25, 0.3) is 0 Å². The molecule has 23 heavy (non-hydrogen) atoms. The molecule has 122 valence electrons. The lowest BCUT2D eigenvalue weighted by Crippen LogP contribution is -2.46. The molecule has 0 amide bonds. The summed E-state index contributed by atoms with van der Waals surface area (Å²) in [5, 5.41) is 0. The molecule has 0 atom stereocenters. The summed E-state index contributed by atoms with van der Waals surface area (Å²) in [6, 6.07) is 7.17. The molecule has 6 heteroatoms. The molecule has 5 nitrogen and oxygen atoms in total. The molecule has 1 aliphatic rings. The van der Waals surface area contributed by atoms with Gasteiger partial charge >= 0.3 is 0 Å². The third-order valence-electron chi connectivity index (χ3n) is 4.11. The largest absolute Gasteiger partial charge is 0.494 e. The molecular formula is C17H21FN4O. The quantitative estimate of drug-likeness (QED) is 0.865. The molecule has 0 aliphatic carbocycles. The maximum Gasteiger partial charge on any atom is 0.165 e. The van der Waals surface area contributed by atoms with Gasteiger partial charge in [-0.05, 0) is 24.6 Å². The van der Waals surface area contributed by atoms with Crippen molar-refractivity contribution in [2.75, 3.05) is 38.2 Å². The molecule has 1 aliphatic heterocycles. The Labute approximate surface area is 135 Å². The van der Waals surface area contributed by atoms with Crippen LogP contribution in [0.2, 0.25) is 0 Å². The maximum absolute atomic E-state index is 13.8. The van der Waals surface area contributed by atoms with Gasteiger partial charge in [-0.15, -0.1) is 0 Å². The van der Waals surface area contributed by atoms with Crippen LogP contribution in [0.15, 0.2) is 30.6 Å². The van der Waals surface area contributed by atoms with E-state index in [9.17, 15) is 4.39 Å². The van der Waals surface area contributed by atoms with E-state index in [4.69, 9.17) is 4.74 Å². The highest BCUT2D eigenvalue weighted by Gasteiger charge is 2.18. The number of ether oxygens (including phenoxy) is 1. The van der Waals surface area contributed by atoms with E-state index in [-0.39, 0.29) is 11.6 Å². The highest BCUT2D eigenvalue weighted by Crippen LogP contribution is 2.20. The Kier molecular flexibility index (Phi) is 4.71. The fourth-order valence-electron chi connectivity index (χ4n) is 2.81. The van der Waals surface area contributed by atoms with Crippen LogP contribution in [0.3, 0.4) is 0 Å². The molecule has 2 aromatic rings. The van der Waals surface area contributed by atoms with Gasteiger partial charge in [-0.3, -0.25) is 4.90 Å². The van der Waals surface area contributed by atoms with Crippen LogP contribution in [0.5, 0.6) is 5.75 Å². The molecule has 0 saturated carbocycles. The second-order valence-corrected chi connectivity index (χ2v) is 5.75. The molecule has 1 aromatic heterocycles. The van der Waals surface area contributed by atoms with E-state index in [0.29, 0.717) is 0 Å². The fourth-order valence-corrected chi connectivity index (χ4v) is 2.81. The number of methoxy groups -OCH3 is 1. The van der Waals surface area contributed by atoms with E-state index >= 15 is 0 Å². The molecule has 0 N–H and O–H groups in total. The zero-order valence-electron chi connectivity index (χ0n) is 13.5. The van der Waals surface area contributed by atoms with Crippen LogP contribution in [-0.4, -0.2) is 48.2 Å². The van der Waals surface area contributed by atoms with Crippen LogP contribution in [0.1, 0.15) is 11.3 Å². The fraction of sp³-hybridized carbons (Fsp3) is 0.412. The van der Waals surface area contributed by atoms with Crippen molar-refractivity contribution < 1.29 is 9.13 Å². The Morgan fingerprint density at radius 2 is 1.91 bits per heavy atom. The van der Waals surface area contributed by atoms with E-state index in [1.54, 1.807) is 18.5 Å². The van der Waals surface area contributed by atoms with E-state index < -0.39 is 0 Å². The molecule has 2 heterocycles. The molecule has 1 saturated heterocycles. The van der Waals surface area contributed by atoms with Crippen molar-refractivity contribution in [1.29, 1.82) is 0 Å². The number of anilines is 1. The Morgan fingerprint density at radius 1 is 1.13 bits per heavy atom. The van der Waals surface area contributed by atoms with Gasteiger partial charge in [-0.25, -0.2) is 14.4 Å². The molecule has 1 fully saturated rings. The number of hydrogen-bond acceptors (Lipinski definition) is 5. The van der Waals surface area contributed by atoms with Crippen LogP contribution < -0.4 is 9.64 Å². The van der Waals surface area contributed by atoms with E-state index in [2.05, 4.69) is 19.8 Å². The van der Waals surface area contributed by atoms with Gasteiger partial charge in [0.15, 0.2) is 11.6 Å². The predicted molar refractivity (Wildman–Crippen MR) is 87.2 cm³/mol.